The topological polar surface area (TPSA) is 65.0 Å². The highest BCUT2D eigenvalue weighted by atomic mass is 16.1. The standard InChI is InChI=1S/C15H21N3O/c1-4-5-8-12(15(19)18-3)14(16)11-9-6-7-10-13(11)17-2/h4,6-7,9-10,12,16-17H,1,5,8H2,2-3H3,(H,18,19). The van der Waals surface area contributed by atoms with E-state index in [9.17, 15) is 4.79 Å². The second kappa shape index (κ2) is 7.36. The molecule has 0 spiro atoms. The van der Waals surface area contributed by atoms with Gasteiger partial charge in [-0.3, -0.25) is 4.79 Å². The molecule has 4 heteroatoms. The number of allylic oxidation sites excluding steroid dienone is 1. The van der Waals surface area contributed by atoms with Crippen LogP contribution in [0.1, 0.15) is 18.4 Å². The third kappa shape index (κ3) is 3.68. The molecule has 4 nitrogen and oxygen atoms in total. The van der Waals surface area contributed by atoms with Crippen LogP contribution in [-0.2, 0) is 4.79 Å². The first-order chi connectivity index (χ1) is 9.15. The summed E-state index contributed by atoms with van der Waals surface area (Å²) in [5.41, 5.74) is 1.97. The van der Waals surface area contributed by atoms with Crippen LogP contribution in [-0.4, -0.2) is 25.7 Å². The summed E-state index contributed by atoms with van der Waals surface area (Å²) in [5, 5.41) is 14.0. The summed E-state index contributed by atoms with van der Waals surface area (Å²) in [5.74, 6) is -0.574. The molecule has 0 radical (unpaired) electrons. The van der Waals surface area contributed by atoms with Crippen molar-refractivity contribution in [2.45, 2.75) is 12.8 Å². The molecule has 1 aromatic carbocycles. The van der Waals surface area contributed by atoms with Gasteiger partial charge in [0, 0.05) is 25.3 Å². The van der Waals surface area contributed by atoms with Crippen molar-refractivity contribution in [3.8, 4) is 0 Å². The molecule has 0 fully saturated rings. The van der Waals surface area contributed by atoms with Crippen LogP contribution in [0.15, 0.2) is 36.9 Å². The molecular weight excluding hydrogens is 238 g/mol. The third-order valence-corrected chi connectivity index (χ3v) is 3.06. The van der Waals surface area contributed by atoms with Gasteiger partial charge < -0.3 is 16.0 Å². The van der Waals surface area contributed by atoms with Gasteiger partial charge in [0.05, 0.1) is 11.6 Å². The van der Waals surface area contributed by atoms with E-state index in [2.05, 4.69) is 17.2 Å². The fraction of sp³-hybridized carbons (Fsp3) is 0.333. The Morgan fingerprint density at radius 1 is 1.42 bits per heavy atom. The summed E-state index contributed by atoms with van der Waals surface area (Å²) in [7, 11) is 3.41. The molecule has 0 saturated carbocycles. The van der Waals surface area contributed by atoms with E-state index in [0.717, 1.165) is 11.3 Å². The van der Waals surface area contributed by atoms with E-state index in [1.807, 2.05) is 31.3 Å². The average molecular weight is 259 g/mol. The quantitative estimate of drug-likeness (QED) is 0.520. The Labute approximate surface area is 114 Å². The van der Waals surface area contributed by atoms with E-state index >= 15 is 0 Å². The maximum absolute atomic E-state index is 11.9. The fourth-order valence-corrected chi connectivity index (χ4v) is 1.99. The van der Waals surface area contributed by atoms with Crippen molar-refractivity contribution in [3.63, 3.8) is 0 Å². The minimum Gasteiger partial charge on any atom is -0.388 e. The van der Waals surface area contributed by atoms with E-state index in [1.54, 1.807) is 13.1 Å². The zero-order valence-corrected chi connectivity index (χ0v) is 11.5. The first-order valence-corrected chi connectivity index (χ1v) is 6.33. The molecule has 1 aromatic rings. The molecule has 0 saturated heterocycles. The molecule has 1 unspecified atom stereocenters. The summed E-state index contributed by atoms with van der Waals surface area (Å²) in [6.45, 7) is 3.67. The van der Waals surface area contributed by atoms with Crippen LogP contribution in [0.4, 0.5) is 5.69 Å². The van der Waals surface area contributed by atoms with Gasteiger partial charge in [-0.2, -0.15) is 0 Å². The largest absolute Gasteiger partial charge is 0.388 e. The van der Waals surface area contributed by atoms with Crippen molar-refractivity contribution in [1.29, 1.82) is 5.41 Å². The SMILES string of the molecule is C=CCCC(C(=N)c1ccccc1NC)C(=O)NC. The first kappa shape index (κ1) is 15.0. The monoisotopic (exact) mass is 259 g/mol. The van der Waals surface area contributed by atoms with E-state index in [1.165, 1.54) is 0 Å². The molecule has 0 aliphatic rings. The van der Waals surface area contributed by atoms with E-state index in [4.69, 9.17) is 5.41 Å². The number of amides is 1. The van der Waals surface area contributed by atoms with Gasteiger partial charge in [0.25, 0.3) is 0 Å². The molecule has 0 bridgehead atoms. The maximum Gasteiger partial charge on any atom is 0.228 e. The molecule has 1 amide bonds. The highest BCUT2D eigenvalue weighted by Crippen LogP contribution is 2.21. The van der Waals surface area contributed by atoms with Crippen molar-refractivity contribution < 1.29 is 4.79 Å². The molecule has 19 heavy (non-hydrogen) atoms. The number of carbonyl (C=O) groups excluding carboxylic acids is 1. The Bertz CT molecular complexity index is 468. The second-order valence-corrected chi connectivity index (χ2v) is 4.24. The van der Waals surface area contributed by atoms with E-state index in [-0.39, 0.29) is 5.91 Å². The number of hydrogen-bond donors (Lipinski definition) is 3. The summed E-state index contributed by atoms with van der Waals surface area (Å²) in [4.78, 5) is 11.9. The van der Waals surface area contributed by atoms with E-state index < -0.39 is 5.92 Å². The lowest BCUT2D eigenvalue weighted by Crippen LogP contribution is -2.33. The van der Waals surface area contributed by atoms with Crippen molar-refractivity contribution in [1.82, 2.24) is 5.32 Å². The number of hydrogen-bond acceptors (Lipinski definition) is 3. The van der Waals surface area contributed by atoms with Gasteiger partial charge in [0.15, 0.2) is 0 Å². The van der Waals surface area contributed by atoms with Gasteiger partial charge in [-0.05, 0) is 18.9 Å². The summed E-state index contributed by atoms with van der Waals surface area (Å²) in [6, 6.07) is 7.54. The second-order valence-electron chi connectivity index (χ2n) is 4.24. The van der Waals surface area contributed by atoms with Crippen LogP contribution in [0, 0.1) is 11.3 Å². The minimum atomic E-state index is -0.447. The molecule has 3 N–H and O–H groups in total. The van der Waals surface area contributed by atoms with Gasteiger partial charge >= 0.3 is 0 Å². The highest BCUT2D eigenvalue weighted by molar-refractivity contribution is 6.13. The molecule has 0 aliphatic carbocycles. The van der Waals surface area contributed by atoms with Gasteiger partial charge in [-0.15, -0.1) is 6.58 Å². The number of anilines is 1. The predicted molar refractivity (Wildman–Crippen MR) is 79.8 cm³/mol. The molecule has 102 valence electrons. The molecule has 1 atom stereocenters. The van der Waals surface area contributed by atoms with Crippen LogP contribution < -0.4 is 10.6 Å². The summed E-state index contributed by atoms with van der Waals surface area (Å²) < 4.78 is 0. The smallest absolute Gasteiger partial charge is 0.228 e. The first-order valence-electron chi connectivity index (χ1n) is 6.33. The van der Waals surface area contributed by atoms with Crippen LogP contribution in [0.2, 0.25) is 0 Å². The number of para-hydroxylation sites is 1. The fourth-order valence-electron chi connectivity index (χ4n) is 1.99. The average Bonchev–Trinajstić information content (AvgIpc) is 2.46. The number of carbonyl (C=O) groups is 1. The molecule has 0 heterocycles. The summed E-state index contributed by atoms with van der Waals surface area (Å²) in [6.07, 6.45) is 3.08. The van der Waals surface area contributed by atoms with Crippen LogP contribution >= 0.6 is 0 Å². The number of rotatable bonds is 7. The van der Waals surface area contributed by atoms with Crippen molar-refractivity contribution in [2.24, 2.45) is 5.92 Å². The van der Waals surface area contributed by atoms with Crippen LogP contribution in [0.25, 0.3) is 0 Å². The van der Waals surface area contributed by atoms with Crippen molar-refractivity contribution in [2.75, 3.05) is 19.4 Å². The normalized spacial score (nSPS) is 11.5. The van der Waals surface area contributed by atoms with Crippen molar-refractivity contribution in [3.05, 3.63) is 42.5 Å². The number of nitrogens with one attached hydrogen (secondary N) is 3. The van der Waals surface area contributed by atoms with Crippen molar-refractivity contribution >= 4 is 17.3 Å². The molecule has 1 rings (SSSR count). The molecular formula is C15H21N3O. The zero-order valence-electron chi connectivity index (χ0n) is 11.5. The zero-order chi connectivity index (χ0) is 14.3. The summed E-state index contributed by atoms with van der Waals surface area (Å²) >= 11 is 0. The molecule has 0 aromatic heterocycles. The van der Waals surface area contributed by atoms with Gasteiger partial charge in [0.1, 0.15) is 0 Å². The lowest BCUT2D eigenvalue weighted by molar-refractivity contribution is -0.122. The third-order valence-electron chi connectivity index (χ3n) is 3.06. The van der Waals surface area contributed by atoms with Gasteiger partial charge in [-0.25, -0.2) is 0 Å². The molecule has 0 aliphatic heterocycles. The van der Waals surface area contributed by atoms with E-state index in [0.29, 0.717) is 18.6 Å². The van der Waals surface area contributed by atoms with Crippen LogP contribution in [0.5, 0.6) is 0 Å². The Balaban J connectivity index is 3.04. The van der Waals surface area contributed by atoms with Gasteiger partial charge in [0.2, 0.25) is 5.91 Å². The predicted octanol–water partition coefficient (Wildman–Crippen LogP) is 2.42. The lowest BCUT2D eigenvalue weighted by Gasteiger charge is -2.18. The Kier molecular flexibility index (Phi) is 5.79. The van der Waals surface area contributed by atoms with Gasteiger partial charge in [-0.1, -0.05) is 24.3 Å². The maximum atomic E-state index is 11.9. The Morgan fingerprint density at radius 3 is 2.68 bits per heavy atom. The van der Waals surface area contributed by atoms with Crippen LogP contribution in [0.3, 0.4) is 0 Å². The minimum absolute atomic E-state index is 0.127. The number of benzene rings is 1. The Morgan fingerprint density at radius 2 is 2.11 bits per heavy atom. The lowest BCUT2D eigenvalue weighted by atomic mass is 9.90. The highest BCUT2D eigenvalue weighted by Gasteiger charge is 2.24. The Hall–Kier alpha value is -2.10.